The Morgan fingerprint density at radius 1 is 1.32 bits per heavy atom. The standard InChI is InChI=1S/C16H21N3O3/c1-12(20)17-11-15-10-16(18-22-15)13-2-4-14(5-3-13)19-6-8-21-9-7-19/h2-5,15H,6-11H2,1H3,(H,17,20). The van der Waals surface area contributed by atoms with E-state index < -0.39 is 0 Å². The van der Waals surface area contributed by atoms with Crippen LogP contribution in [-0.2, 0) is 14.4 Å². The predicted octanol–water partition coefficient (Wildman–Crippen LogP) is 1.15. The van der Waals surface area contributed by atoms with E-state index in [4.69, 9.17) is 9.57 Å². The van der Waals surface area contributed by atoms with E-state index in [-0.39, 0.29) is 12.0 Å². The van der Waals surface area contributed by atoms with Crippen LogP contribution in [0.15, 0.2) is 29.4 Å². The highest BCUT2D eigenvalue weighted by Gasteiger charge is 2.22. The van der Waals surface area contributed by atoms with Crippen LogP contribution in [0.1, 0.15) is 18.9 Å². The van der Waals surface area contributed by atoms with Gasteiger partial charge in [0.2, 0.25) is 5.91 Å². The summed E-state index contributed by atoms with van der Waals surface area (Å²) in [6.45, 7) is 5.43. The lowest BCUT2D eigenvalue weighted by Crippen LogP contribution is -2.36. The minimum atomic E-state index is -0.0715. The van der Waals surface area contributed by atoms with Gasteiger partial charge in [-0.05, 0) is 17.7 Å². The fourth-order valence-corrected chi connectivity index (χ4v) is 2.65. The highest BCUT2D eigenvalue weighted by Crippen LogP contribution is 2.21. The molecule has 1 N–H and O–H groups in total. The molecule has 1 amide bonds. The lowest BCUT2D eigenvalue weighted by molar-refractivity contribution is -0.119. The Morgan fingerprint density at radius 2 is 2.05 bits per heavy atom. The number of anilines is 1. The van der Waals surface area contributed by atoms with Gasteiger partial charge >= 0.3 is 0 Å². The fraction of sp³-hybridized carbons (Fsp3) is 0.500. The average molecular weight is 303 g/mol. The third-order valence-electron chi connectivity index (χ3n) is 3.89. The van der Waals surface area contributed by atoms with Crippen LogP contribution in [0.4, 0.5) is 5.69 Å². The maximum Gasteiger partial charge on any atom is 0.217 e. The molecular formula is C16H21N3O3. The van der Waals surface area contributed by atoms with Gasteiger partial charge < -0.3 is 19.8 Å². The molecule has 2 aliphatic rings. The summed E-state index contributed by atoms with van der Waals surface area (Å²) in [6, 6.07) is 8.39. The Morgan fingerprint density at radius 3 is 2.73 bits per heavy atom. The monoisotopic (exact) mass is 303 g/mol. The molecule has 1 aromatic carbocycles. The van der Waals surface area contributed by atoms with Crippen LogP contribution in [0.2, 0.25) is 0 Å². The summed E-state index contributed by atoms with van der Waals surface area (Å²) >= 11 is 0. The second kappa shape index (κ2) is 6.79. The summed E-state index contributed by atoms with van der Waals surface area (Å²) in [7, 11) is 0. The highest BCUT2D eigenvalue weighted by atomic mass is 16.6. The zero-order valence-electron chi connectivity index (χ0n) is 12.7. The van der Waals surface area contributed by atoms with Gasteiger partial charge in [-0.1, -0.05) is 17.3 Å². The van der Waals surface area contributed by atoms with Gasteiger partial charge in [0.25, 0.3) is 0 Å². The molecule has 1 unspecified atom stereocenters. The Balaban J connectivity index is 1.58. The van der Waals surface area contributed by atoms with E-state index in [1.165, 1.54) is 12.6 Å². The van der Waals surface area contributed by atoms with Crippen LogP contribution in [0.3, 0.4) is 0 Å². The molecule has 1 aromatic rings. The minimum absolute atomic E-state index is 0.0492. The smallest absolute Gasteiger partial charge is 0.217 e. The largest absolute Gasteiger partial charge is 0.390 e. The van der Waals surface area contributed by atoms with Crippen molar-refractivity contribution < 1.29 is 14.4 Å². The Bertz CT molecular complexity index is 550. The van der Waals surface area contributed by atoms with E-state index in [0.29, 0.717) is 6.54 Å². The molecule has 0 aromatic heterocycles. The first-order valence-corrected chi connectivity index (χ1v) is 7.62. The van der Waals surface area contributed by atoms with Gasteiger partial charge in [-0.25, -0.2) is 0 Å². The lowest BCUT2D eigenvalue weighted by Gasteiger charge is -2.28. The molecule has 22 heavy (non-hydrogen) atoms. The molecular weight excluding hydrogens is 282 g/mol. The first-order valence-electron chi connectivity index (χ1n) is 7.62. The SMILES string of the molecule is CC(=O)NCC1CC(c2ccc(N3CCOCC3)cc2)=NO1. The number of carbonyl (C=O) groups excluding carboxylic acids is 1. The second-order valence-electron chi connectivity index (χ2n) is 5.55. The Kier molecular flexibility index (Phi) is 4.58. The summed E-state index contributed by atoms with van der Waals surface area (Å²) in [6.07, 6.45) is 0.648. The van der Waals surface area contributed by atoms with E-state index in [2.05, 4.69) is 39.6 Å². The molecule has 118 valence electrons. The third-order valence-corrected chi connectivity index (χ3v) is 3.89. The van der Waals surface area contributed by atoms with Crippen molar-refractivity contribution >= 4 is 17.3 Å². The van der Waals surface area contributed by atoms with Crippen LogP contribution >= 0.6 is 0 Å². The molecule has 2 heterocycles. The number of hydrogen-bond donors (Lipinski definition) is 1. The van der Waals surface area contributed by atoms with Gasteiger partial charge in [0.1, 0.15) is 6.10 Å². The van der Waals surface area contributed by atoms with Crippen molar-refractivity contribution in [2.24, 2.45) is 5.16 Å². The molecule has 6 heteroatoms. The molecule has 0 saturated carbocycles. The normalized spacial score (nSPS) is 21.2. The van der Waals surface area contributed by atoms with E-state index in [9.17, 15) is 4.79 Å². The van der Waals surface area contributed by atoms with Gasteiger partial charge in [0.05, 0.1) is 25.5 Å². The molecule has 0 aliphatic carbocycles. The molecule has 1 fully saturated rings. The van der Waals surface area contributed by atoms with Crippen LogP contribution in [-0.4, -0.2) is 50.6 Å². The molecule has 6 nitrogen and oxygen atoms in total. The number of oxime groups is 1. The van der Waals surface area contributed by atoms with Gasteiger partial charge in [0, 0.05) is 32.1 Å². The van der Waals surface area contributed by atoms with Crippen molar-refractivity contribution in [1.29, 1.82) is 0 Å². The molecule has 1 atom stereocenters. The number of carbonyl (C=O) groups is 1. The van der Waals surface area contributed by atoms with Crippen LogP contribution in [0.5, 0.6) is 0 Å². The van der Waals surface area contributed by atoms with Crippen molar-refractivity contribution in [3.8, 4) is 0 Å². The van der Waals surface area contributed by atoms with Gasteiger partial charge in [0.15, 0.2) is 0 Å². The van der Waals surface area contributed by atoms with E-state index in [0.717, 1.165) is 44.0 Å². The third kappa shape index (κ3) is 3.57. The maximum absolute atomic E-state index is 10.9. The maximum atomic E-state index is 10.9. The predicted molar refractivity (Wildman–Crippen MR) is 84.2 cm³/mol. The first kappa shape index (κ1) is 14.8. The minimum Gasteiger partial charge on any atom is -0.390 e. The van der Waals surface area contributed by atoms with Crippen molar-refractivity contribution in [3.05, 3.63) is 29.8 Å². The Hall–Kier alpha value is -2.08. The quantitative estimate of drug-likeness (QED) is 0.906. The summed E-state index contributed by atoms with van der Waals surface area (Å²) in [5.74, 6) is -0.0492. The zero-order valence-corrected chi connectivity index (χ0v) is 12.7. The van der Waals surface area contributed by atoms with Crippen molar-refractivity contribution in [3.63, 3.8) is 0 Å². The molecule has 0 radical (unpaired) electrons. The number of nitrogens with zero attached hydrogens (tertiary/aromatic N) is 2. The summed E-state index contributed by atoms with van der Waals surface area (Å²) in [5.41, 5.74) is 3.22. The fourth-order valence-electron chi connectivity index (χ4n) is 2.65. The first-order chi connectivity index (χ1) is 10.7. The average Bonchev–Trinajstić information content (AvgIpc) is 3.03. The summed E-state index contributed by atoms with van der Waals surface area (Å²) < 4.78 is 5.37. The van der Waals surface area contributed by atoms with E-state index in [1.807, 2.05) is 0 Å². The van der Waals surface area contributed by atoms with Crippen molar-refractivity contribution in [2.75, 3.05) is 37.7 Å². The summed E-state index contributed by atoms with van der Waals surface area (Å²) in [4.78, 5) is 18.6. The lowest BCUT2D eigenvalue weighted by atomic mass is 10.0. The number of ether oxygens (including phenoxy) is 1. The van der Waals surface area contributed by atoms with Crippen LogP contribution in [0.25, 0.3) is 0 Å². The Labute approximate surface area is 130 Å². The van der Waals surface area contributed by atoms with Crippen LogP contribution < -0.4 is 10.2 Å². The molecule has 3 rings (SSSR count). The van der Waals surface area contributed by atoms with Crippen molar-refractivity contribution in [1.82, 2.24) is 5.32 Å². The van der Waals surface area contributed by atoms with Gasteiger partial charge in [-0.2, -0.15) is 0 Å². The van der Waals surface area contributed by atoms with Gasteiger partial charge in [-0.15, -0.1) is 0 Å². The zero-order chi connectivity index (χ0) is 15.4. The number of morpholine rings is 1. The topological polar surface area (TPSA) is 63.2 Å². The highest BCUT2D eigenvalue weighted by molar-refractivity contribution is 6.01. The number of rotatable bonds is 4. The van der Waals surface area contributed by atoms with E-state index >= 15 is 0 Å². The number of hydrogen-bond acceptors (Lipinski definition) is 5. The summed E-state index contributed by atoms with van der Waals surface area (Å²) in [5, 5.41) is 6.90. The van der Waals surface area contributed by atoms with E-state index in [1.54, 1.807) is 0 Å². The number of amides is 1. The molecule has 0 spiro atoms. The molecule has 1 saturated heterocycles. The molecule has 2 aliphatic heterocycles. The van der Waals surface area contributed by atoms with Gasteiger partial charge in [-0.3, -0.25) is 4.79 Å². The van der Waals surface area contributed by atoms with Crippen LogP contribution in [0, 0.1) is 0 Å². The number of nitrogens with one attached hydrogen (secondary N) is 1. The van der Waals surface area contributed by atoms with Crippen molar-refractivity contribution in [2.45, 2.75) is 19.4 Å². The second-order valence-corrected chi connectivity index (χ2v) is 5.55. The number of benzene rings is 1. The molecule has 0 bridgehead atoms.